The Hall–Kier alpha value is -1.88. The van der Waals surface area contributed by atoms with Gasteiger partial charge in [0, 0.05) is 49.9 Å². The number of carbonyl (C=O) groups is 1. The number of rotatable bonds is 5. The molecule has 2 aromatic rings. The lowest BCUT2D eigenvalue weighted by Crippen LogP contribution is -2.39. The quantitative estimate of drug-likeness (QED) is 0.858. The van der Waals surface area contributed by atoms with Crippen molar-refractivity contribution < 1.29 is 4.79 Å². The molecule has 130 valence electrons. The highest BCUT2D eigenvalue weighted by atomic mass is 16.1. The number of hydrogen-bond donors (Lipinski definition) is 1. The number of carbonyl (C=O) groups excluding carboxylic acids is 1. The Morgan fingerprint density at radius 2 is 2.00 bits per heavy atom. The fourth-order valence-corrected chi connectivity index (χ4v) is 4.06. The minimum atomic E-state index is -0.0946. The van der Waals surface area contributed by atoms with E-state index in [1.54, 1.807) is 19.4 Å². The number of aryl methyl sites for hydroxylation is 1. The predicted octanol–water partition coefficient (Wildman–Crippen LogP) is 2.81. The molecule has 5 nitrogen and oxygen atoms in total. The molecule has 1 fully saturated rings. The summed E-state index contributed by atoms with van der Waals surface area (Å²) in [6, 6.07) is 1.82. The summed E-state index contributed by atoms with van der Waals surface area (Å²) in [5.74, 6) is 1.61. The van der Waals surface area contributed by atoms with Gasteiger partial charge in [-0.25, -0.2) is 0 Å². The van der Waals surface area contributed by atoms with Crippen LogP contribution in [0.1, 0.15) is 43.5 Å². The highest BCUT2D eigenvalue weighted by molar-refractivity contribution is 6.07. The van der Waals surface area contributed by atoms with Crippen LogP contribution in [0.5, 0.6) is 0 Å². The van der Waals surface area contributed by atoms with Gasteiger partial charge in [0.1, 0.15) is 5.52 Å². The van der Waals surface area contributed by atoms with Crippen LogP contribution in [0.2, 0.25) is 0 Å². The van der Waals surface area contributed by atoms with Crippen molar-refractivity contribution in [1.82, 2.24) is 14.5 Å². The molecule has 2 unspecified atom stereocenters. The van der Waals surface area contributed by atoms with Crippen molar-refractivity contribution in [1.29, 1.82) is 0 Å². The first kappa shape index (κ1) is 17.0. The van der Waals surface area contributed by atoms with Crippen LogP contribution in [0.3, 0.4) is 0 Å². The Kier molecular flexibility index (Phi) is 4.90. The van der Waals surface area contributed by atoms with E-state index in [1.807, 2.05) is 6.07 Å². The predicted molar refractivity (Wildman–Crippen MR) is 96.5 cm³/mol. The Morgan fingerprint density at radius 1 is 1.29 bits per heavy atom. The molecule has 0 amide bonds. The van der Waals surface area contributed by atoms with Crippen LogP contribution in [0.25, 0.3) is 10.9 Å². The number of piperidine rings is 1. The minimum absolute atomic E-state index is 0.0946. The van der Waals surface area contributed by atoms with Crippen molar-refractivity contribution in [3.63, 3.8) is 0 Å². The molecule has 2 atom stereocenters. The second kappa shape index (κ2) is 6.93. The first-order valence-electron chi connectivity index (χ1n) is 8.88. The number of H-pyrrole nitrogens is 1. The lowest BCUT2D eigenvalue weighted by atomic mass is 9.91. The Bertz CT molecular complexity index is 779. The maximum atomic E-state index is 12.6. The fraction of sp³-hybridized carbons (Fsp3) is 0.579. The molecule has 0 aromatic carbocycles. The van der Waals surface area contributed by atoms with Gasteiger partial charge in [-0.1, -0.05) is 13.8 Å². The molecule has 0 aliphatic carbocycles. The zero-order chi connectivity index (χ0) is 17.3. The summed E-state index contributed by atoms with van der Waals surface area (Å²) < 4.78 is 1.49. The van der Waals surface area contributed by atoms with Gasteiger partial charge < -0.3 is 14.5 Å². The first-order valence-corrected chi connectivity index (χ1v) is 8.88. The molecule has 3 rings (SSSR count). The van der Waals surface area contributed by atoms with E-state index in [-0.39, 0.29) is 11.3 Å². The van der Waals surface area contributed by atoms with E-state index < -0.39 is 0 Å². The van der Waals surface area contributed by atoms with Crippen molar-refractivity contribution in [2.24, 2.45) is 18.9 Å². The van der Waals surface area contributed by atoms with Crippen LogP contribution in [0, 0.1) is 11.8 Å². The molecule has 0 radical (unpaired) electrons. The maximum Gasteiger partial charge on any atom is 0.274 e. The number of fused-ring (bicyclic) bond motifs is 1. The van der Waals surface area contributed by atoms with Crippen LogP contribution < -0.4 is 5.56 Å². The number of hydrogen-bond acceptors (Lipinski definition) is 3. The third-order valence-corrected chi connectivity index (χ3v) is 5.02. The Balaban J connectivity index is 1.65. The van der Waals surface area contributed by atoms with Crippen LogP contribution in [-0.4, -0.2) is 39.9 Å². The van der Waals surface area contributed by atoms with E-state index in [1.165, 1.54) is 11.0 Å². The maximum absolute atomic E-state index is 12.6. The monoisotopic (exact) mass is 329 g/mol. The number of aromatic nitrogens is 2. The van der Waals surface area contributed by atoms with Crippen molar-refractivity contribution in [2.75, 3.05) is 19.6 Å². The van der Waals surface area contributed by atoms with Gasteiger partial charge in [0.2, 0.25) is 0 Å². The summed E-state index contributed by atoms with van der Waals surface area (Å²) in [7, 11) is 1.69. The van der Waals surface area contributed by atoms with E-state index in [0.29, 0.717) is 17.5 Å². The summed E-state index contributed by atoms with van der Waals surface area (Å²) in [4.78, 5) is 30.1. The van der Waals surface area contributed by atoms with Crippen LogP contribution in [0.4, 0.5) is 0 Å². The molecule has 1 N–H and O–H groups in total. The lowest BCUT2D eigenvalue weighted by Gasteiger charge is -2.34. The van der Waals surface area contributed by atoms with Gasteiger partial charge in [-0.05, 0) is 37.3 Å². The highest BCUT2D eigenvalue weighted by Gasteiger charge is 2.21. The SMILES string of the molecule is CC1CC(C)CN(CCCC(=O)c2cn(C)c(=O)c3[nH]ccc23)C1. The number of ketones is 1. The van der Waals surface area contributed by atoms with Crippen molar-refractivity contribution in [3.05, 3.63) is 34.4 Å². The average Bonchev–Trinajstić information content (AvgIpc) is 2.99. The molecule has 24 heavy (non-hydrogen) atoms. The number of nitrogens with one attached hydrogen (secondary N) is 1. The fourth-order valence-electron chi connectivity index (χ4n) is 4.06. The topological polar surface area (TPSA) is 58.1 Å². The molecule has 1 aliphatic rings. The summed E-state index contributed by atoms with van der Waals surface area (Å²) in [6.07, 6.45) is 6.09. The number of aromatic amines is 1. The zero-order valence-electron chi connectivity index (χ0n) is 14.8. The first-order chi connectivity index (χ1) is 11.5. The highest BCUT2D eigenvalue weighted by Crippen LogP contribution is 2.22. The largest absolute Gasteiger partial charge is 0.357 e. The summed E-state index contributed by atoms with van der Waals surface area (Å²) in [5, 5.41) is 0.739. The van der Waals surface area contributed by atoms with Gasteiger partial charge in [0.25, 0.3) is 5.56 Å². The second-order valence-electron chi connectivity index (χ2n) is 7.46. The lowest BCUT2D eigenvalue weighted by molar-refractivity contribution is 0.0963. The summed E-state index contributed by atoms with van der Waals surface area (Å²) >= 11 is 0. The van der Waals surface area contributed by atoms with Gasteiger partial charge >= 0.3 is 0 Å². The molecule has 1 saturated heterocycles. The Morgan fingerprint density at radius 3 is 2.71 bits per heavy atom. The minimum Gasteiger partial charge on any atom is -0.357 e. The second-order valence-corrected chi connectivity index (χ2v) is 7.46. The number of nitrogens with zero attached hydrogens (tertiary/aromatic N) is 2. The molecule has 1 aliphatic heterocycles. The van der Waals surface area contributed by atoms with Gasteiger partial charge in [0.15, 0.2) is 5.78 Å². The van der Waals surface area contributed by atoms with E-state index in [2.05, 4.69) is 23.7 Å². The van der Waals surface area contributed by atoms with Gasteiger partial charge in [-0.15, -0.1) is 0 Å². The van der Waals surface area contributed by atoms with Crippen molar-refractivity contribution >= 4 is 16.7 Å². The molecule has 2 aromatic heterocycles. The normalized spacial score (nSPS) is 22.1. The summed E-state index contributed by atoms with van der Waals surface area (Å²) in [5.41, 5.74) is 1.07. The molecule has 0 saturated carbocycles. The molecule has 0 spiro atoms. The van der Waals surface area contributed by atoms with Gasteiger partial charge in [-0.3, -0.25) is 9.59 Å². The van der Waals surface area contributed by atoms with Crippen LogP contribution in [0.15, 0.2) is 23.3 Å². The van der Waals surface area contributed by atoms with E-state index in [0.717, 1.165) is 43.3 Å². The standard InChI is InChI=1S/C19H27N3O2/c1-13-9-14(2)11-22(10-13)8-4-5-17(23)16-12-21(3)19(24)18-15(16)6-7-20-18/h6-7,12-14,20H,4-5,8-11H2,1-3H3. The third-order valence-electron chi connectivity index (χ3n) is 5.02. The van der Waals surface area contributed by atoms with Crippen molar-refractivity contribution in [2.45, 2.75) is 33.1 Å². The molecule has 5 heteroatoms. The van der Waals surface area contributed by atoms with Crippen LogP contribution >= 0.6 is 0 Å². The number of likely N-dealkylation sites (tertiary alicyclic amines) is 1. The zero-order valence-corrected chi connectivity index (χ0v) is 14.8. The van der Waals surface area contributed by atoms with Gasteiger partial charge in [0.05, 0.1) is 0 Å². The Labute approximate surface area is 142 Å². The van der Waals surface area contributed by atoms with E-state index in [9.17, 15) is 9.59 Å². The molecule has 3 heterocycles. The number of pyridine rings is 1. The van der Waals surface area contributed by atoms with Crippen molar-refractivity contribution in [3.8, 4) is 0 Å². The average molecular weight is 329 g/mol. The third kappa shape index (κ3) is 3.46. The van der Waals surface area contributed by atoms with E-state index >= 15 is 0 Å². The van der Waals surface area contributed by atoms with E-state index in [4.69, 9.17) is 0 Å². The molecular weight excluding hydrogens is 302 g/mol. The smallest absolute Gasteiger partial charge is 0.274 e. The van der Waals surface area contributed by atoms with Crippen LogP contribution in [-0.2, 0) is 7.05 Å². The number of Topliss-reactive ketones (excluding diaryl/α,β-unsaturated/α-hetero) is 1. The molecule has 0 bridgehead atoms. The summed E-state index contributed by atoms with van der Waals surface area (Å²) in [6.45, 7) is 7.87. The molecular formula is C19H27N3O2. The van der Waals surface area contributed by atoms with Gasteiger partial charge in [-0.2, -0.15) is 0 Å².